The summed E-state index contributed by atoms with van der Waals surface area (Å²) in [5, 5.41) is 0.678. The number of ether oxygens (including phenoxy) is 1. The fraction of sp³-hybridized carbons (Fsp3) is 0.619. The third-order valence-electron chi connectivity index (χ3n) is 6.07. The summed E-state index contributed by atoms with van der Waals surface area (Å²) in [4.78, 5) is 22.1. The standard InChI is InChI=1S/C21H30N4O2/c1-27-13-12-25-16-22-20-14-18(6-7-19(20)21(25)26)24-10-8-23(9-11-24)15-17-4-2-3-5-17/h6-7,14,16-17H,2-5,8-13,15H2,1H3. The monoisotopic (exact) mass is 370 g/mol. The van der Waals surface area contributed by atoms with Crippen molar-refractivity contribution < 1.29 is 4.74 Å². The van der Waals surface area contributed by atoms with Crippen LogP contribution in [0.5, 0.6) is 0 Å². The summed E-state index contributed by atoms with van der Waals surface area (Å²) in [6.07, 6.45) is 7.30. The maximum Gasteiger partial charge on any atom is 0.261 e. The van der Waals surface area contributed by atoms with Crippen LogP contribution < -0.4 is 10.5 Å². The lowest BCUT2D eigenvalue weighted by Gasteiger charge is -2.37. The first-order valence-corrected chi connectivity index (χ1v) is 10.2. The Bertz CT molecular complexity index is 821. The number of fused-ring (bicyclic) bond motifs is 1. The fourth-order valence-corrected chi connectivity index (χ4v) is 4.44. The average Bonchev–Trinajstić information content (AvgIpc) is 3.21. The van der Waals surface area contributed by atoms with Crippen molar-refractivity contribution in [3.05, 3.63) is 34.9 Å². The Morgan fingerprint density at radius 2 is 1.93 bits per heavy atom. The molecule has 4 rings (SSSR count). The molecule has 1 aliphatic heterocycles. The summed E-state index contributed by atoms with van der Waals surface area (Å²) < 4.78 is 6.68. The van der Waals surface area contributed by atoms with Gasteiger partial charge in [-0.1, -0.05) is 12.8 Å². The molecule has 6 nitrogen and oxygen atoms in total. The molecule has 1 aromatic carbocycles. The molecule has 0 amide bonds. The molecule has 0 bridgehead atoms. The molecule has 1 aromatic heterocycles. The van der Waals surface area contributed by atoms with Gasteiger partial charge in [0.25, 0.3) is 5.56 Å². The second kappa shape index (κ2) is 8.40. The quantitative estimate of drug-likeness (QED) is 0.781. The molecular formula is C21H30N4O2. The van der Waals surface area contributed by atoms with Crippen LogP contribution in [0, 0.1) is 5.92 Å². The molecule has 27 heavy (non-hydrogen) atoms. The molecule has 2 fully saturated rings. The van der Waals surface area contributed by atoms with E-state index in [2.05, 4.69) is 26.9 Å². The summed E-state index contributed by atoms with van der Waals surface area (Å²) in [5.74, 6) is 0.918. The molecule has 2 aliphatic rings. The van der Waals surface area contributed by atoms with Crippen molar-refractivity contribution in [2.75, 3.05) is 51.3 Å². The van der Waals surface area contributed by atoms with Gasteiger partial charge in [-0.25, -0.2) is 4.98 Å². The zero-order chi connectivity index (χ0) is 18.6. The van der Waals surface area contributed by atoms with E-state index in [9.17, 15) is 4.79 Å². The van der Waals surface area contributed by atoms with Crippen molar-refractivity contribution in [2.24, 2.45) is 5.92 Å². The van der Waals surface area contributed by atoms with Crippen molar-refractivity contribution in [1.82, 2.24) is 14.5 Å². The Morgan fingerprint density at radius 1 is 1.15 bits per heavy atom. The van der Waals surface area contributed by atoms with Crippen LogP contribution in [0.2, 0.25) is 0 Å². The van der Waals surface area contributed by atoms with Gasteiger partial charge >= 0.3 is 0 Å². The largest absolute Gasteiger partial charge is 0.383 e. The van der Waals surface area contributed by atoms with E-state index in [0.29, 0.717) is 18.5 Å². The van der Waals surface area contributed by atoms with Crippen LogP contribution >= 0.6 is 0 Å². The van der Waals surface area contributed by atoms with Crippen LogP contribution in [0.4, 0.5) is 5.69 Å². The lowest BCUT2D eigenvalue weighted by Crippen LogP contribution is -2.47. The molecule has 2 aromatic rings. The third kappa shape index (κ3) is 4.17. The zero-order valence-electron chi connectivity index (χ0n) is 16.3. The van der Waals surface area contributed by atoms with Crippen molar-refractivity contribution in [1.29, 1.82) is 0 Å². The van der Waals surface area contributed by atoms with Crippen molar-refractivity contribution in [3.8, 4) is 0 Å². The summed E-state index contributed by atoms with van der Waals surface area (Å²) >= 11 is 0. The van der Waals surface area contributed by atoms with E-state index >= 15 is 0 Å². The van der Waals surface area contributed by atoms with Gasteiger partial charge < -0.3 is 9.64 Å². The Morgan fingerprint density at radius 3 is 2.67 bits per heavy atom. The lowest BCUT2D eigenvalue weighted by atomic mass is 10.1. The van der Waals surface area contributed by atoms with Gasteiger partial charge in [0.15, 0.2) is 0 Å². The molecular weight excluding hydrogens is 340 g/mol. The average molecular weight is 370 g/mol. The fourth-order valence-electron chi connectivity index (χ4n) is 4.44. The van der Waals surface area contributed by atoms with Gasteiger partial charge in [0.2, 0.25) is 0 Å². The van der Waals surface area contributed by atoms with Gasteiger partial charge in [-0.3, -0.25) is 14.3 Å². The maximum atomic E-state index is 12.6. The minimum absolute atomic E-state index is 0.00461. The number of benzene rings is 1. The minimum atomic E-state index is 0.00461. The lowest BCUT2D eigenvalue weighted by molar-refractivity contribution is 0.186. The maximum absolute atomic E-state index is 12.6. The highest BCUT2D eigenvalue weighted by molar-refractivity contribution is 5.81. The van der Waals surface area contributed by atoms with Gasteiger partial charge in [-0.15, -0.1) is 0 Å². The minimum Gasteiger partial charge on any atom is -0.383 e. The van der Waals surface area contributed by atoms with E-state index in [-0.39, 0.29) is 5.56 Å². The second-order valence-electron chi connectivity index (χ2n) is 7.88. The highest BCUT2D eigenvalue weighted by atomic mass is 16.5. The number of hydrogen-bond donors (Lipinski definition) is 0. The van der Waals surface area contributed by atoms with Gasteiger partial charge in [0.05, 0.1) is 30.4 Å². The van der Waals surface area contributed by atoms with Crippen molar-refractivity contribution >= 4 is 16.6 Å². The number of nitrogens with zero attached hydrogens (tertiary/aromatic N) is 4. The molecule has 1 aliphatic carbocycles. The third-order valence-corrected chi connectivity index (χ3v) is 6.07. The van der Waals surface area contributed by atoms with Crippen LogP contribution in [0.1, 0.15) is 25.7 Å². The number of hydrogen-bond acceptors (Lipinski definition) is 5. The van der Waals surface area contributed by atoms with Crippen molar-refractivity contribution in [3.63, 3.8) is 0 Å². The Labute approximate surface area is 160 Å². The molecule has 0 N–H and O–H groups in total. The van der Waals surface area contributed by atoms with Crippen LogP contribution in [0.25, 0.3) is 10.9 Å². The normalized spacial score (nSPS) is 19.2. The highest BCUT2D eigenvalue weighted by Crippen LogP contribution is 2.26. The van der Waals surface area contributed by atoms with E-state index in [1.807, 2.05) is 6.07 Å². The molecule has 146 valence electrons. The number of methoxy groups -OCH3 is 1. The molecule has 1 saturated heterocycles. The van der Waals surface area contributed by atoms with Crippen LogP contribution in [0.3, 0.4) is 0 Å². The molecule has 0 radical (unpaired) electrons. The van der Waals surface area contributed by atoms with E-state index in [0.717, 1.165) is 37.6 Å². The first kappa shape index (κ1) is 18.4. The predicted molar refractivity (Wildman–Crippen MR) is 108 cm³/mol. The van der Waals surface area contributed by atoms with E-state index < -0.39 is 0 Å². The van der Waals surface area contributed by atoms with E-state index in [1.165, 1.54) is 37.9 Å². The summed E-state index contributed by atoms with van der Waals surface area (Å²) in [6, 6.07) is 6.05. The number of anilines is 1. The molecule has 0 unspecified atom stereocenters. The summed E-state index contributed by atoms with van der Waals surface area (Å²) in [5.41, 5.74) is 1.95. The van der Waals surface area contributed by atoms with Crippen LogP contribution in [-0.2, 0) is 11.3 Å². The molecule has 1 saturated carbocycles. The molecule has 0 spiro atoms. The Hall–Kier alpha value is -1.92. The van der Waals surface area contributed by atoms with Gasteiger partial charge in [0.1, 0.15) is 0 Å². The van der Waals surface area contributed by atoms with Crippen LogP contribution in [0.15, 0.2) is 29.3 Å². The van der Waals surface area contributed by atoms with E-state index in [4.69, 9.17) is 4.74 Å². The highest BCUT2D eigenvalue weighted by Gasteiger charge is 2.22. The number of piperazine rings is 1. The Balaban J connectivity index is 1.42. The first-order chi connectivity index (χ1) is 13.2. The first-order valence-electron chi connectivity index (χ1n) is 10.2. The predicted octanol–water partition coefficient (Wildman–Crippen LogP) is 2.36. The smallest absolute Gasteiger partial charge is 0.261 e. The second-order valence-corrected chi connectivity index (χ2v) is 7.88. The van der Waals surface area contributed by atoms with E-state index in [1.54, 1.807) is 18.0 Å². The SMILES string of the molecule is COCCn1cnc2cc(N3CCN(CC4CCCC4)CC3)ccc2c1=O. The molecule has 2 heterocycles. The molecule has 0 atom stereocenters. The van der Waals surface area contributed by atoms with Gasteiger partial charge in [-0.05, 0) is 37.0 Å². The van der Waals surface area contributed by atoms with Crippen LogP contribution in [-0.4, -0.2) is 60.9 Å². The molecule has 6 heteroatoms. The Kier molecular flexibility index (Phi) is 5.74. The zero-order valence-corrected chi connectivity index (χ0v) is 16.3. The number of rotatable bonds is 6. The van der Waals surface area contributed by atoms with Gasteiger partial charge in [0, 0.05) is 45.5 Å². The summed E-state index contributed by atoms with van der Waals surface area (Å²) in [7, 11) is 1.64. The number of aromatic nitrogens is 2. The topological polar surface area (TPSA) is 50.6 Å². The summed E-state index contributed by atoms with van der Waals surface area (Å²) in [6.45, 7) is 6.65. The van der Waals surface area contributed by atoms with Crippen molar-refractivity contribution in [2.45, 2.75) is 32.2 Å². The van der Waals surface area contributed by atoms with Gasteiger partial charge in [-0.2, -0.15) is 0 Å².